The van der Waals surface area contributed by atoms with E-state index in [-0.39, 0.29) is 25.5 Å². The fourth-order valence-electron chi connectivity index (χ4n) is 6.93. The average Bonchev–Trinajstić information content (AvgIpc) is 3.51. The Morgan fingerprint density at radius 2 is 1.47 bits per heavy atom. The second kappa shape index (κ2) is 14.1. The number of rotatable bonds is 3. The van der Waals surface area contributed by atoms with E-state index in [2.05, 4.69) is 117 Å². The molecule has 0 amide bonds. The molecule has 1 aliphatic heterocycles. The van der Waals surface area contributed by atoms with Gasteiger partial charge in [-0.3, -0.25) is 0 Å². The molecule has 0 fully saturated rings. The third kappa shape index (κ3) is 6.88. The Morgan fingerprint density at radius 1 is 0.667 bits per heavy atom. The molecule has 51 heavy (non-hydrogen) atoms. The van der Waals surface area contributed by atoms with E-state index in [1.165, 1.54) is 27.8 Å². The number of nitrogens with zero attached hydrogens (tertiary/aromatic N) is 2. The van der Waals surface area contributed by atoms with Crippen LogP contribution in [0.5, 0.6) is 0 Å². The Kier molecular flexibility index (Phi) is 9.44. The standard InChI is InChI=1S/C35H29N2O.C11H8N.Ir/c1-21-24-9-7-10-25(21)33-29(14-15-32-34(33)26-8-5-6-11-31(26)38-32)37-28-13-12-23(19-27(24)28)30-18-22(16-17-36-30)20-35(2,3)4;1-2-6-10(7-3-1)11-8-4-5-9-12-11;/h5-11,13-19,37H,20H2,1-4H3;1-6,8-9H;/q2*-1;. The molecule has 0 saturated heterocycles. The van der Waals surface area contributed by atoms with Crippen LogP contribution in [0.15, 0.2) is 138 Å². The number of pyridine rings is 2. The Morgan fingerprint density at radius 3 is 2.27 bits per heavy atom. The van der Waals surface area contributed by atoms with Crippen molar-refractivity contribution in [2.45, 2.75) is 34.1 Å². The number of hydrogen-bond donors (Lipinski definition) is 1. The van der Waals surface area contributed by atoms with Crippen LogP contribution in [0.2, 0.25) is 0 Å². The summed E-state index contributed by atoms with van der Waals surface area (Å²) >= 11 is 0. The fraction of sp³-hybridized carbons (Fsp3) is 0.130. The number of fused-ring (bicyclic) bond motifs is 10. The largest absolute Gasteiger partial charge is 0.456 e. The van der Waals surface area contributed by atoms with Crippen molar-refractivity contribution in [1.29, 1.82) is 0 Å². The van der Waals surface area contributed by atoms with Crippen molar-refractivity contribution in [3.05, 3.63) is 157 Å². The molecular weight excluding hydrogens is 803 g/mol. The van der Waals surface area contributed by atoms with Crippen molar-refractivity contribution in [2.24, 2.45) is 5.41 Å². The van der Waals surface area contributed by atoms with E-state index in [1.54, 1.807) is 6.20 Å². The van der Waals surface area contributed by atoms with Gasteiger partial charge in [-0.05, 0) is 82.9 Å². The molecule has 5 heteroatoms. The number of nitrogens with one attached hydrogen (secondary N) is 1. The maximum Gasteiger partial charge on any atom is 0.136 e. The first kappa shape index (κ1) is 34.1. The first-order valence-corrected chi connectivity index (χ1v) is 17.0. The van der Waals surface area contributed by atoms with Crippen molar-refractivity contribution in [2.75, 3.05) is 5.32 Å². The van der Waals surface area contributed by atoms with Gasteiger partial charge < -0.3 is 19.7 Å². The van der Waals surface area contributed by atoms with E-state index in [9.17, 15) is 0 Å². The Balaban J connectivity index is 0.000000265. The van der Waals surface area contributed by atoms with E-state index in [0.29, 0.717) is 0 Å². The summed E-state index contributed by atoms with van der Waals surface area (Å²) < 4.78 is 6.24. The number of furan rings is 1. The predicted octanol–water partition coefficient (Wildman–Crippen LogP) is 12.3. The fourth-order valence-corrected chi connectivity index (χ4v) is 6.93. The van der Waals surface area contributed by atoms with Crippen LogP contribution in [-0.4, -0.2) is 9.97 Å². The molecule has 253 valence electrons. The normalized spacial score (nSPS) is 11.6. The van der Waals surface area contributed by atoms with Crippen LogP contribution in [0.4, 0.5) is 11.4 Å². The van der Waals surface area contributed by atoms with Gasteiger partial charge in [0.25, 0.3) is 0 Å². The summed E-state index contributed by atoms with van der Waals surface area (Å²) in [5, 5.41) is 6.04. The number of aromatic nitrogens is 2. The zero-order valence-electron chi connectivity index (χ0n) is 29.0. The van der Waals surface area contributed by atoms with Gasteiger partial charge in [0.05, 0.1) is 0 Å². The molecular formula is C46H37IrN3O-2. The number of benzene rings is 5. The first-order valence-electron chi connectivity index (χ1n) is 17.0. The molecule has 5 aromatic carbocycles. The molecule has 8 aromatic rings. The monoisotopic (exact) mass is 840 g/mol. The molecule has 0 aliphatic carbocycles. The maximum absolute atomic E-state index is 6.24. The summed E-state index contributed by atoms with van der Waals surface area (Å²) in [6.45, 7) is 9.03. The van der Waals surface area contributed by atoms with Gasteiger partial charge in [-0.15, -0.1) is 59.7 Å². The summed E-state index contributed by atoms with van der Waals surface area (Å²) in [4.78, 5) is 8.93. The number of para-hydroxylation sites is 1. The van der Waals surface area contributed by atoms with Crippen LogP contribution in [-0.2, 0) is 26.5 Å². The molecule has 3 aromatic heterocycles. The molecule has 1 radical (unpaired) electrons. The minimum Gasteiger partial charge on any atom is -0.456 e. The van der Waals surface area contributed by atoms with E-state index in [0.717, 1.165) is 67.8 Å². The van der Waals surface area contributed by atoms with Crippen LogP contribution in [0.25, 0.3) is 66.7 Å². The van der Waals surface area contributed by atoms with Gasteiger partial charge in [0, 0.05) is 54.5 Å². The van der Waals surface area contributed by atoms with E-state index < -0.39 is 0 Å². The summed E-state index contributed by atoms with van der Waals surface area (Å²) in [6.07, 6.45) is 4.71. The van der Waals surface area contributed by atoms with Crippen molar-refractivity contribution in [3.63, 3.8) is 0 Å². The summed E-state index contributed by atoms with van der Waals surface area (Å²) in [5.41, 5.74) is 15.4. The Hall–Kier alpha value is -5.35. The van der Waals surface area contributed by atoms with Crippen LogP contribution in [0, 0.1) is 24.5 Å². The molecule has 1 N–H and O–H groups in total. The third-order valence-electron chi connectivity index (χ3n) is 9.14. The minimum atomic E-state index is 0. The minimum absolute atomic E-state index is 0. The smallest absolute Gasteiger partial charge is 0.136 e. The van der Waals surface area contributed by atoms with Crippen molar-refractivity contribution >= 4 is 33.3 Å². The van der Waals surface area contributed by atoms with Gasteiger partial charge in [0.1, 0.15) is 11.2 Å². The second-order valence-electron chi connectivity index (χ2n) is 14.0. The van der Waals surface area contributed by atoms with Crippen LogP contribution in [0.3, 0.4) is 0 Å². The molecule has 4 heterocycles. The van der Waals surface area contributed by atoms with Crippen molar-refractivity contribution < 1.29 is 24.5 Å². The quantitative estimate of drug-likeness (QED) is 0.180. The van der Waals surface area contributed by atoms with Gasteiger partial charge in [-0.2, -0.15) is 0 Å². The average molecular weight is 840 g/mol. The maximum atomic E-state index is 6.24. The molecule has 2 bridgehead atoms. The molecule has 9 rings (SSSR count). The van der Waals surface area contributed by atoms with Crippen molar-refractivity contribution in [3.8, 4) is 44.8 Å². The summed E-state index contributed by atoms with van der Waals surface area (Å²) in [6, 6.07) is 48.1. The van der Waals surface area contributed by atoms with Gasteiger partial charge in [0.2, 0.25) is 0 Å². The topological polar surface area (TPSA) is 51.0 Å². The van der Waals surface area contributed by atoms with Crippen LogP contribution in [0.1, 0.15) is 31.9 Å². The molecule has 0 spiro atoms. The molecule has 1 aliphatic rings. The Bertz CT molecular complexity index is 2440. The summed E-state index contributed by atoms with van der Waals surface area (Å²) in [7, 11) is 0. The Labute approximate surface area is 313 Å². The molecule has 0 saturated carbocycles. The zero-order chi connectivity index (χ0) is 34.2. The third-order valence-corrected chi connectivity index (χ3v) is 9.14. The SMILES string of the molecule is Cc1c2cccc1-c1c(ccc3oc4ccccc4c13)Nc1c[c-]c(-c3cc(CC(C)(C)C)ccn3)cc1-2.[Ir].[c-]1ccccc1-c1ccccn1. The zero-order valence-corrected chi connectivity index (χ0v) is 31.4. The van der Waals surface area contributed by atoms with E-state index in [1.807, 2.05) is 60.8 Å². The van der Waals surface area contributed by atoms with Crippen LogP contribution < -0.4 is 5.32 Å². The van der Waals surface area contributed by atoms with Gasteiger partial charge in [-0.1, -0.05) is 86.5 Å². The molecule has 0 unspecified atom stereocenters. The predicted molar refractivity (Wildman–Crippen MR) is 206 cm³/mol. The number of anilines is 2. The van der Waals surface area contributed by atoms with Gasteiger partial charge in [-0.25, -0.2) is 0 Å². The van der Waals surface area contributed by atoms with Gasteiger partial charge >= 0.3 is 0 Å². The first-order chi connectivity index (χ1) is 24.3. The van der Waals surface area contributed by atoms with Crippen molar-refractivity contribution in [1.82, 2.24) is 9.97 Å². The second-order valence-corrected chi connectivity index (χ2v) is 14.0. The van der Waals surface area contributed by atoms with Crippen LogP contribution >= 0.6 is 0 Å². The van der Waals surface area contributed by atoms with E-state index in [4.69, 9.17) is 9.40 Å². The summed E-state index contributed by atoms with van der Waals surface area (Å²) in [5.74, 6) is 0. The van der Waals surface area contributed by atoms with E-state index >= 15 is 0 Å². The van der Waals surface area contributed by atoms with Gasteiger partial charge in [0.15, 0.2) is 0 Å². The molecule has 0 atom stereocenters. The number of hydrogen-bond acceptors (Lipinski definition) is 4. The molecule has 4 nitrogen and oxygen atoms in total.